The Bertz CT molecular complexity index is 1990. The summed E-state index contributed by atoms with van der Waals surface area (Å²) in [6.45, 7) is 3.82. The quantitative estimate of drug-likeness (QED) is 0.196. The van der Waals surface area contributed by atoms with Gasteiger partial charge in [-0.3, -0.25) is 0 Å². The van der Waals surface area contributed by atoms with E-state index in [1.807, 2.05) is 74.5 Å². The summed E-state index contributed by atoms with van der Waals surface area (Å²) in [4.78, 5) is 0. The minimum atomic E-state index is -0.591. The minimum Gasteiger partial charge on any atom is -0.456 e. The molecule has 0 saturated carbocycles. The largest absolute Gasteiger partial charge is 0.456 e. The summed E-state index contributed by atoms with van der Waals surface area (Å²) in [6.07, 6.45) is 0. The van der Waals surface area contributed by atoms with Crippen molar-refractivity contribution in [3.05, 3.63) is 178 Å². The van der Waals surface area contributed by atoms with Crippen molar-refractivity contribution in [1.29, 1.82) is 10.5 Å². The maximum absolute atomic E-state index is 9.70. The van der Waals surface area contributed by atoms with Gasteiger partial charge in [0.05, 0.1) is 16.5 Å². The molecule has 0 aliphatic heterocycles. The summed E-state index contributed by atoms with van der Waals surface area (Å²) in [5, 5.41) is 19.4. The Morgan fingerprint density at radius 3 is 1.27 bits per heavy atom. The zero-order chi connectivity index (χ0) is 31.0. The molecule has 1 aliphatic carbocycles. The van der Waals surface area contributed by atoms with E-state index in [1.54, 1.807) is 0 Å². The van der Waals surface area contributed by atoms with Crippen LogP contribution in [0.4, 0.5) is 0 Å². The summed E-state index contributed by atoms with van der Waals surface area (Å²) >= 11 is 0. The number of ether oxygens (including phenoxy) is 2. The summed E-state index contributed by atoms with van der Waals surface area (Å²) < 4.78 is 12.4. The fourth-order valence-electron chi connectivity index (χ4n) is 6.56. The van der Waals surface area contributed by atoms with Crippen molar-refractivity contribution in [2.45, 2.75) is 19.3 Å². The number of benzene rings is 6. The molecule has 0 N–H and O–H groups in total. The molecule has 4 nitrogen and oxygen atoms in total. The maximum atomic E-state index is 9.70. The molecule has 45 heavy (non-hydrogen) atoms. The number of fused-ring (bicyclic) bond motifs is 3. The van der Waals surface area contributed by atoms with Crippen molar-refractivity contribution in [2.75, 3.05) is 0 Å². The summed E-state index contributed by atoms with van der Waals surface area (Å²) in [5.74, 6) is 2.40. The Labute approximate surface area is 263 Å². The lowest BCUT2D eigenvalue weighted by atomic mass is 9.68. The second kappa shape index (κ2) is 11.2. The molecule has 6 aromatic carbocycles. The monoisotopic (exact) mass is 580 g/mol. The first-order chi connectivity index (χ1) is 22.0. The van der Waals surface area contributed by atoms with E-state index in [4.69, 9.17) is 9.47 Å². The smallest absolute Gasteiger partial charge is 0.145 e. The van der Waals surface area contributed by atoms with Crippen molar-refractivity contribution < 1.29 is 9.47 Å². The van der Waals surface area contributed by atoms with Crippen molar-refractivity contribution in [1.82, 2.24) is 0 Å². The summed E-state index contributed by atoms with van der Waals surface area (Å²) in [7, 11) is 0. The van der Waals surface area contributed by atoms with E-state index < -0.39 is 5.41 Å². The van der Waals surface area contributed by atoms with E-state index >= 15 is 0 Å². The number of nitriles is 2. The molecule has 4 heteroatoms. The van der Waals surface area contributed by atoms with Gasteiger partial charge in [-0.1, -0.05) is 97.1 Å². The van der Waals surface area contributed by atoms with Gasteiger partial charge in [0.1, 0.15) is 35.1 Å². The number of rotatable bonds is 6. The van der Waals surface area contributed by atoms with Crippen LogP contribution in [-0.2, 0) is 5.41 Å². The molecule has 214 valence electrons. The maximum Gasteiger partial charge on any atom is 0.145 e. The van der Waals surface area contributed by atoms with Gasteiger partial charge in [-0.05, 0) is 94.8 Å². The van der Waals surface area contributed by atoms with Gasteiger partial charge in [-0.2, -0.15) is 10.5 Å². The molecule has 0 heterocycles. The molecule has 7 rings (SSSR count). The number of nitrogens with zero attached hydrogens (tertiary/aromatic N) is 2. The first-order valence-corrected chi connectivity index (χ1v) is 14.8. The Morgan fingerprint density at radius 1 is 0.467 bits per heavy atom. The molecular formula is C41H28N2O2. The predicted molar refractivity (Wildman–Crippen MR) is 176 cm³/mol. The first kappa shape index (κ1) is 27.7. The molecule has 0 atom stereocenters. The SMILES string of the molecule is Cc1cccc(Oc2ccc(C3(c4ccc(Oc5cccc(C)c5C#N)cc4)c4ccccc4-c4ccccc43)cc2)c1C#N. The van der Waals surface area contributed by atoms with Gasteiger partial charge >= 0.3 is 0 Å². The number of hydrogen-bond donors (Lipinski definition) is 0. The van der Waals surface area contributed by atoms with E-state index in [0.29, 0.717) is 34.1 Å². The first-order valence-electron chi connectivity index (χ1n) is 14.8. The van der Waals surface area contributed by atoms with Crippen LogP contribution in [0.1, 0.15) is 44.5 Å². The molecule has 0 amide bonds. The topological polar surface area (TPSA) is 66.0 Å². The highest BCUT2D eigenvalue weighted by Crippen LogP contribution is 2.56. The van der Waals surface area contributed by atoms with Gasteiger partial charge in [0, 0.05) is 0 Å². The van der Waals surface area contributed by atoms with Gasteiger partial charge in [0.2, 0.25) is 0 Å². The molecule has 0 unspecified atom stereocenters. The van der Waals surface area contributed by atoms with Gasteiger partial charge < -0.3 is 9.47 Å². The second-order valence-electron chi connectivity index (χ2n) is 11.2. The van der Waals surface area contributed by atoms with Gasteiger partial charge in [-0.25, -0.2) is 0 Å². The highest BCUT2D eigenvalue weighted by atomic mass is 16.5. The van der Waals surface area contributed by atoms with E-state index in [1.165, 1.54) is 22.3 Å². The van der Waals surface area contributed by atoms with Crippen LogP contribution in [0.5, 0.6) is 23.0 Å². The zero-order valence-corrected chi connectivity index (χ0v) is 24.9. The van der Waals surface area contributed by atoms with Crippen LogP contribution in [0.3, 0.4) is 0 Å². The van der Waals surface area contributed by atoms with Crippen molar-refractivity contribution in [2.24, 2.45) is 0 Å². The standard InChI is InChI=1S/C41H28N2O2/c1-27-9-7-15-39(35(27)25-42)44-31-21-17-29(18-22-31)41(37-13-5-3-11-33(37)34-12-4-6-14-38(34)41)30-19-23-32(24-20-30)45-40-16-8-10-28(2)36(40)26-43/h3-24H,1-2H3. The van der Waals surface area contributed by atoms with Crippen LogP contribution in [0.25, 0.3) is 11.1 Å². The molecule has 0 spiro atoms. The Hall–Kier alpha value is -6.10. The molecule has 0 bridgehead atoms. The lowest BCUT2D eigenvalue weighted by molar-refractivity contribution is 0.480. The lowest BCUT2D eigenvalue weighted by Gasteiger charge is -2.34. The van der Waals surface area contributed by atoms with Crippen molar-refractivity contribution in [3.63, 3.8) is 0 Å². The highest BCUT2D eigenvalue weighted by molar-refractivity contribution is 5.86. The molecule has 6 aromatic rings. The third-order valence-corrected chi connectivity index (χ3v) is 8.68. The molecule has 0 aromatic heterocycles. The Kier molecular flexibility index (Phi) is 6.89. The third-order valence-electron chi connectivity index (χ3n) is 8.68. The molecule has 1 aliphatic rings. The predicted octanol–water partition coefficient (Wildman–Crippen LogP) is 9.99. The van der Waals surface area contributed by atoms with Crippen LogP contribution >= 0.6 is 0 Å². The van der Waals surface area contributed by atoms with E-state index in [9.17, 15) is 10.5 Å². The van der Waals surface area contributed by atoms with Gasteiger partial charge in [-0.15, -0.1) is 0 Å². The van der Waals surface area contributed by atoms with Crippen LogP contribution in [-0.4, -0.2) is 0 Å². The van der Waals surface area contributed by atoms with E-state index in [2.05, 4.69) is 84.9 Å². The lowest BCUT2D eigenvalue weighted by Crippen LogP contribution is -2.28. The molecule has 0 fully saturated rings. The van der Waals surface area contributed by atoms with Crippen molar-refractivity contribution in [3.8, 4) is 46.3 Å². The van der Waals surface area contributed by atoms with Crippen LogP contribution in [0, 0.1) is 36.5 Å². The fourth-order valence-corrected chi connectivity index (χ4v) is 6.56. The van der Waals surface area contributed by atoms with Crippen LogP contribution in [0.2, 0.25) is 0 Å². The van der Waals surface area contributed by atoms with E-state index in [0.717, 1.165) is 22.3 Å². The average molecular weight is 581 g/mol. The minimum absolute atomic E-state index is 0.534. The number of aryl methyl sites for hydroxylation is 2. The fraction of sp³-hybridized carbons (Fsp3) is 0.0732. The van der Waals surface area contributed by atoms with Gasteiger partial charge in [0.15, 0.2) is 0 Å². The third kappa shape index (κ3) is 4.52. The molecule has 0 saturated heterocycles. The summed E-state index contributed by atoms with van der Waals surface area (Å²) in [5.41, 5.74) is 9.22. The average Bonchev–Trinajstić information content (AvgIpc) is 3.37. The van der Waals surface area contributed by atoms with Crippen LogP contribution in [0.15, 0.2) is 133 Å². The second-order valence-corrected chi connectivity index (χ2v) is 11.2. The summed E-state index contributed by atoms with van der Waals surface area (Å²) in [6, 6.07) is 49.3. The Balaban J connectivity index is 1.35. The normalized spacial score (nSPS) is 12.4. The van der Waals surface area contributed by atoms with Crippen LogP contribution < -0.4 is 9.47 Å². The molecule has 0 radical (unpaired) electrons. The molecular weight excluding hydrogens is 552 g/mol. The van der Waals surface area contributed by atoms with Gasteiger partial charge in [0.25, 0.3) is 0 Å². The highest BCUT2D eigenvalue weighted by Gasteiger charge is 2.45. The number of hydrogen-bond acceptors (Lipinski definition) is 4. The van der Waals surface area contributed by atoms with E-state index in [-0.39, 0.29) is 0 Å². The Morgan fingerprint density at radius 2 is 0.867 bits per heavy atom. The zero-order valence-electron chi connectivity index (χ0n) is 24.9. The van der Waals surface area contributed by atoms with Crippen molar-refractivity contribution >= 4 is 0 Å².